The first kappa shape index (κ1) is 31.8. The molecule has 0 radical (unpaired) electrons. The predicted octanol–water partition coefficient (Wildman–Crippen LogP) is 4.48. The molecule has 0 fully saturated rings. The number of aromatic amines is 2. The van der Waals surface area contributed by atoms with Crippen LogP contribution in [0.3, 0.4) is 0 Å². The average molecular weight is 594 g/mol. The number of alkyl halides is 6. The lowest BCUT2D eigenvalue weighted by Crippen LogP contribution is -2.21. The Bertz CT molecular complexity index is 1500. The molecule has 0 amide bonds. The van der Waals surface area contributed by atoms with Gasteiger partial charge in [-0.2, -0.15) is 31.4 Å². The molecule has 0 unspecified atom stereocenters. The van der Waals surface area contributed by atoms with Crippen LogP contribution in [0.5, 0.6) is 0 Å². The average Bonchev–Trinajstić information content (AvgIpc) is 3.38. The molecule has 4 rings (SSSR count). The van der Waals surface area contributed by atoms with Crippen LogP contribution in [0.2, 0.25) is 5.02 Å². The summed E-state index contributed by atoms with van der Waals surface area (Å²) in [4.78, 5) is 37.7. The van der Waals surface area contributed by atoms with E-state index in [0.717, 1.165) is 16.7 Å². The number of carbonyl (C=O) groups is 2. The molecule has 6 N–H and O–H groups in total. The number of nitrogens with one attached hydrogen (secondary N) is 2. The van der Waals surface area contributed by atoms with Crippen molar-refractivity contribution in [2.24, 2.45) is 5.73 Å². The fourth-order valence-electron chi connectivity index (χ4n) is 2.94. The molecular weight excluding hydrogens is 576 g/mol. The molecule has 1 atom stereocenters. The van der Waals surface area contributed by atoms with E-state index >= 15 is 0 Å². The van der Waals surface area contributed by atoms with Crippen molar-refractivity contribution in [2.75, 3.05) is 0 Å². The van der Waals surface area contributed by atoms with Gasteiger partial charge >= 0.3 is 24.3 Å². The van der Waals surface area contributed by atoms with E-state index in [1.807, 2.05) is 36.4 Å². The van der Waals surface area contributed by atoms with E-state index in [4.69, 9.17) is 37.1 Å². The summed E-state index contributed by atoms with van der Waals surface area (Å²) in [6.07, 6.45) is -6.15. The lowest BCUT2D eigenvalue weighted by Gasteiger charge is -2.12. The summed E-state index contributed by atoms with van der Waals surface area (Å²) in [5, 5.41) is 22.1. The van der Waals surface area contributed by atoms with Crippen LogP contribution in [0, 0.1) is 0 Å². The van der Waals surface area contributed by atoms with Crippen LogP contribution in [0.15, 0.2) is 59.7 Å². The van der Waals surface area contributed by atoms with Crippen molar-refractivity contribution in [3.05, 3.63) is 81.6 Å². The van der Waals surface area contributed by atoms with Crippen LogP contribution in [0.25, 0.3) is 22.0 Å². The molecule has 10 nitrogen and oxygen atoms in total. The highest BCUT2D eigenvalue weighted by atomic mass is 35.5. The van der Waals surface area contributed by atoms with Gasteiger partial charge in [-0.05, 0) is 41.8 Å². The van der Waals surface area contributed by atoms with Gasteiger partial charge in [0.05, 0.1) is 23.1 Å². The van der Waals surface area contributed by atoms with Gasteiger partial charge < -0.3 is 20.9 Å². The number of nitrogens with two attached hydrogens (primary N) is 1. The first-order valence-corrected chi connectivity index (χ1v) is 11.0. The first-order valence-electron chi connectivity index (χ1n) is 10.6. The van der Waals surface area contributed by atoms with Crippen molar-refractivity contribution in [1.82, 2.24) is 20.2 Å². The van der Waals surface area contributed by atoms with Crippen LogP contribution in [0.4, 0.5) is 26.3 Å². The van der Waals surface area contributed by atoms with E-state index < -0.39 is 30.3 Å². The van der Waals surface area contributed by atoms with Gasteiger partial charge in [-0.3, -0.25) is 9.89 Å². The number of aliphatic carboxylic acids is 2. The third kappa shape index (κ3) is 9.39. The zero-order valence-electron chi connectivity index (χ0n) is 19.7. The molecule has 17 heteroatoms. The second-order valence-corrected chi connectivity index (χ2v) is 8.15. The molecule has 4 aromatic rings. The fraction of sp³-hybridized carbons (Fsp3) is 0.174. The van der Waals surface area contributed by atoms with Gasteiger partial charge in [-0.25, -0.2) is 14.6 Å². The topological polar surface area (TPSA) is 175 Å². The molecule has 0 aliphatic heterocycles. The van der Waals surface area contributed by atoms with Crippen LogP contribution < -0.4 is 11.3 Å². The van der Waals surface area contributed by atoms with Crippen molar-refractivity contribution >= 4 is 34.4 Å². The second-order valence-electron chi connectivity index (χ2n) is 7.72. The van der Waals surface area contributed by atoms with Gasteiger partial charge in [-0.15, -0.1) is 0 Å². The SMILES string of the molecule is N[C@H](Cc1cccc(Cl)c1)c1nc2ccc(-c3cn[nH]c3)cc2c(=O)[nH]1.O=C(O)C(F)(F)F.O=C(O)C(F)(F)F. The quantitative estimate of drug-likeness (QED) is 0.215. The van der Waals surface area contributed by atoms with Gasteiger partial charge in [-0.1, -0.05) is 29.8 Å². The van der Waals surface area contributed by atoms with Crippen molar-refractivity contribution in [3.8, 4) is 11.1 Å². The molecule has 0 saturated carbocycles. The number of carboxylic acids is 2. The second kappa shape index (κ2) is 13.1. The maximum Gasteiger partial charge on any atom is 0.490 e. The lowest BCUT2D eigenvalue weighted by molar-refractivity contribution is -0.193. The molecule has 2 heterocycles. The summed E-state index contributed by atoms with van der Waals surface area (Å²) in [6, 6.07) is 12.6. The van der Waals surface area contributed by atoms with E-state index in [1.165, 1.54) is 0 Å². The number of nitrogens with zero attached hydrogens (tertiary/aromatic N) is 2. The summed E-state index contributed by atoms with van der Waals surface area (Å²) in [7, 11) is 0. The highest BCUT2D eigenvalue weighted by molar-refractivity contribution is 6.30. The van der Waals surface area contributed by atoms with Crippen molar-refractivity contribution in [2.45, 2.75) is 24.8 Å². The number of carboxylic acid groups (broad SMARTS) is 2. The largest absolute Gasteiger partial charge is 0.490 e. The summed E-state index contributed by atoms with van der Waals surface area (Å²) in [6.45, 7) is 0. The molecule has 0 aliphatic carbocycles. The van der Waals surface area contributed by atoms with Crippen molar-refractivity contribution < 1.29 is 46.1 Å². The molecule has 0 spiro atoms. The Morgan fingerprint density at radius 2 is 1.57 bits per heavy atom. The minimum atomic E-state index is -5.08. The predicted molar refractivity (Wildman–Crippen MR) is 129 cm³/mol. The van der Waals surface area contributed by atoms with Crippen molar-refractivity contribution in [1.29, 1.82) is 0 Å². The smallest absolute Gasteiger partial charge is 0.475 e. The fourth-order valence-corrected chi connectivity index (χ4v) is 3.15. The van der Waals surface area contributed by atoms with Gasteiger partial charge in [0.1, 0.15) is 5.82 Å². The summed E-state index contributed by atoms with van der Waals surface area (Å²) in [5.41, 5.74) is 9.45. The van der Waals surface area contributed by atoms with E-state index in [2.05, 4.69) is 20.2 Å². The molecule has 0 saturated heterocycles. The Balaban J connectivity index is 0.000000333. The van der Waals surface area contributed by atoms with Crippen LogP contribution in [-0.4, -0.2) is 54.7 Å². The maximum atomic E-state index is 12.5. The minimum absolute atomic E-state index is 0.211. The number of halogens is 7. The van der Waals surface area contributed by atoms with Crippen molar-refractivity contribution in [3.63, 3.8) is 0 Å². The van der Waals surface area contributed by atoms with E-state index in [9.17, 15) is 31.1 Å². The molecule has 2 aromatic carbocycles. The third-order valence-electron chi connectivity index (χ3n) is 4.74. The number of aromatic nitrogens is 4. The minimum Gasteiger partial charge on any atom is -0.475 e. The number of hydrogen-bond acceptors (Lipinski definition) is 6. The zero-order valence-corrected chi connectivity index (χ0v) is 20.5. The highest BCUT2D eigenvalue weighted by Gasteiger charge is 2.38. The van der Waals surface area contributed by atoms with E-state index in [0.29, 0.717) is 28.2 Å². The monoisotopic (exact) mass is 593 g/mol. The Kier molecular flexibility index (Phi) is 10.4. The highest BCUT2D eigenvalue weighted by Crippen LogP contribution is 2.22. The Morgan fingerprint density at radius 3 is 2.08 bits per heavy atom. The van der Waals surface area contributed by atoms with Crippen LogP contribution in [0.1, 0.15) is 17.4 Å². The normalized spacial score (nSPS) is 12.0. The van der Waals surface area contributed by atoms with Gasteiger partial charge in [0.2, 0.25) is 0 Å². The zero-order chi connectivity index (χ0) is 30.3. The standard InChI is InChI=1S/C19H16ClN5O.2C2HF3O2/c20-14-3-1-2-11(6-14)7-16(21)18-24-17-5-4-12(13-9-22-23-10-13)8-15(17)19(26)25-18;2*3-2(4,5)1(6)7/h1-6,8-10,16H,7,21H2,(H,22,23)(H,24,25,26);2*(H,6,7)/t16-;;/m1../s1. The van der Waals surface area contributed by atoms with Gasteiger partial charge in [0, 0.05) is 16.8 Å². The number of hydrogen-bond donors (Lipinski definition) is 5. The molecule has 0 aliphatic rings. The first-order chi connectivity index (χ1) is 18.5. The van der Waals surface area contributed by atoms with Crippen LogP contribution in [-0.2, 0) is 16.0 Å². The number of benzene rings is 2. The molecule has 2 aromatic heterocycles. The number of H-pyrrole nitrogens is 2. The number of fused-ring (bicyclic) bond motifs is 1. The van der Waals surface area contributed by atoms with E-state index in [-0.39, 0.29) is 5.56 Å². The Hall–Kier alpha value is -4.44. The van der Waals surface area contributed by atoms with E-state index in [1.54, 1.807) is 18.5 Å². The third-order valence-corrected chi connectivity index (χ3v) is 4.97. The molecular formula is C23H18ClF6N5O5. The molecule has 40 heavy (non-hydrogen) atoms. The number of rotatable bonds is 4. The Labute approximate surface area is 224 Å². The van der Waals surface area contributed by atoms with Gasteiger partial charge in [0.25, 0.3) is 5.56 Å². The maximum absolute atomic E-state index is 12.5. The summed E-state index contributed by atoms with van der Waals surface area (Å²) < 4.78 is 63.5. The Morgan fingerprint density at radius 1 is 0.975 bits per heavy atom. The van der Waals surface area contributed by atoms with Gasteiger partial charge in [0.15, 0.2) is 0 Å². The molecule has 214 valence electrons. The summed E-state index contributed by atoms with van der Waals surface area (Å²) in [5.74, 6) is -5.06. The molecule has 0 bridgehead atoms. The summed E-state index contributed by atoms with van der Waals surface area (Å²) >= 11 is 6.01. The van der Waals surface area contributed by atoms with Crippen LogP contribution >= 0.6 is 11.6 Å². The lowest BCUT2D eigenvalue weighted by atomic mass is 10.0.